The van der Waals surface area contributed by atoms with E-state index >= 15 is 0 Å². The Morgan fingerprint density at radius 1 is 0.727 bits per heavy atom. The Morgan fingerprint density at radius 2 is 1.27 bits per heavy atom. The number of carbonyl (C=O) groups excluding carboxylic acids is 1. The zero-order valence-corrected chi connectivity index (χ0v) is 12.4. The van der Waals surface area contributed by atoms with Gasteiger partial charge in [-0.3, -0.25) is 0 Å². The van der Waals surface area contributed by atoms with Gasteiger partial charge in [0.25, 0.3) is 0 Å². The molecule has 2 aromatic rings. The van der Waals surface area contributed by atoms with E-state index in [1.54, 1.807) is 0 Å². The summed E-state index contributed by atoms with van der Waals surface area (Å²) < 4.78 is 15.7. The highest BCUT2D eigenvalue weighted by atomic mass is 16.6. The van der Waals surface area contributed by atoms with Crippen molar-refractivity contribution >= 4 is 5.97 Å². The quantitative estimate of drug-likeness (QED) is 0.527. The second-order valence-corrected chi connectivity index (χ2v) is 4.74. The highest BCUT2D eigenvalue weighted by molar-refractivity contribution is 5.70. The van der Waals surface area contributed by atoms with Crippen molar-refractivity contribution in [3.05, 3.63) is 71.8 Å². The molecule has 0 saturated heterocycles. The first-order chi connectivity index (χ1) is 10.8. The smallest absolute Gasteiger partial charge is 0.332 e. The minimum Gasteiger partial charge on any atom is -0.462 e. The molecule has 0 saturated carbocycles. The molecule has 0 N–H and O–H groups in total. The Balaban J connectivity index is 1.49. The zero-order valence-electron chi connectivity index (χ0n) is 12.4. The molecule has 0 amide bonds. The van der Waals surface area contributed by atoms with Crippen LogP contribution in [0.25, 0.3) is 0 Å². The normalized spacial score (nSPS) is 10.4. The van der Waals surface area contributed by atoms with Crippen molar-refractivity contribution in [3.8, 4) is 0 Å². The van der Waals surface area contributed by atoms with Crippen LogP contribution < -0.4 is 0 Å². The van der Waals surface area contributed by atoms with Crippen molar-refractivity contribution in [2.45, 2.75) is 13.2 Å². The van der Waals surface area contributed by atoms with Gasteiger partial charge in [0.1, 0.15) is 13.2 Å². The second kappa shape index (κ2) is 9.71. The van der Waals surface area contributed by atoms with E-state index in [0.717, 1.165) is 11.1 Å². The number of carbonyl (C=O) groups is 1. The number of esters is 1. The fourth-order valence-corrected chi connectivity index (χ4v) is 1.85. The van der Waals surface area contributed by atoms with Crippen LogP contribution in [0.2, 0.25) is 0 Å². The maximum Gasteiger partial charge on any atom is 0.332 e. The highest BCUT2D eigenvalue weighted by Gasteiger charge is 2.03. The molecule has 0 aromatic heterocycles. The summed E-state index contributed by atoms with van der Waals surface area (Å²) in [7, 11) is 0. The lowest BCUT2D eigenvalue weighted by molar-refractivity contribution is -0.151. The molecule has 2 aromatic carbocycles. The third-order valence-corrected chi connectivity index (χ3v) is 2.93. The van der Waals surface area contributed by atoms with E-state index in [0.29, 0.717) is 19.8 Å². The van der Waals surface area contributed by atoms with Gasteiger partial charge < -0.3 is 14.2 Å². The molecule has 0 fully saturated rings. The monoisotopic (exact) mass is 300 g/mol. The van der Waals surface area contributed by atoms with Crippen LogP contribution in [0.4, 0.5) is 0 Å². The summed E-state index contributed by atoms with van der Waals surface area (Å²) in [4.78, 5) is 11.5. The summed E-state index contributed by atoms with van der Waals surface area (Å²) in [6, 6.07) is 19.6. The van der Waals surface area contributed by atoms with Crippen LogP contribution in [0.5, 0.6) is 0 Å². The summed E-state index contributed by atoms with van der Waals surface area (Å²) in [5, 5.41) is 0. The lowest BCUT2D eigenvalue weighted by atomic mass is 10.2. The Hall–Kier alpha value is -2.17. The third kappa shape index (κ3) is 6.52. The molecule has 116 valence electrons. The molecular weight excluding hydrogens is 280 g/mol. The summed E-state index contributed by atoms with van der Waals surface area (Å²) in [5.41, 5.74) is 2.13. The zero-order chi connectivity index (χ0) is 15.5. The first kappa shape index (κ1) is 16.2. The van der Waals surface area contributed by atoms with Crippen LogP contribution in [0.3, 0.4) is 0 Å². The molecule has 0 unspecified atom stereocenters. The van der Waals surface area contributed by atoms with Crippen LogP contribution >= 0.6 is 0 Å². The predicted octanol–water partition coefficient (Wildman–Crippen LogP) is 2.96. The molecule has 4 heteroatoms. The average Bonchev–Trinajstić information content (AvgIpc) is 2.56. The maximum absolute atomic E-state index is 11.5. The molecule has 0 heterocycles. The molecule has 0 bridgehead atoms. The van der Waals surface area contributed by atoms with E-state index in [1.165, 1.54) is 0 Å². The lowest BCUT2D eigenvalue weighted by Crippen LogP contribution is -2.15. The van der Waals surface area contributed by atoms with Gasteiger partial charge in [0.2, 0.25) is 0 Å². The summed E-state index contributed by atoms with van der Waals surface area (Å²) in [5.74, 6) is -0.376. The minimum atomic E-state index is -0.376. The van der Waals surface area contributed by atoms with Crippen LogP contribution in [0.15, 0.2) is 60.7 Å². The number of ether oxygens (including phenoxy) is 3. The molecule has 4 nitrogen and oxygen atoms in total. The van der Waals surface area contributed by atoms with Crippen molar-refractivity contribution in [1.29, 1.82) is 0 Å². The molecule has 0 atom stereocenters. The van der Waals surface area contributed by atoms with E-state index in [9.17, 15) is 4.79 Å². The van der Waals surface area contributed by atoms with Crippen molar-refractivity contribution in [2.75, 3.05) is 19.8 Å². The van der Waals surface area contributed by atoms with Crippen LogP contribution in [-0.2, 0) is 32.2 Å². The minimum absolute atomic E-state index is 0.0480. The van der Waals surface area contributed by atoms with E-state index in [1.807, 2.05) is 60.7 Å². The van der Waals surface area contributed by atoms with Gasteiger partial charge in [-0.2, -0.15) is 0 Å². The first-order valence-electron chi connectivity index (χ1n) is 7.23. The van der Waals surface area contributed by atoms with Gasteiger partial charge >= 0.3 is 5.97 Å². The second-order valence-electron chi connectivity index (χ2n) is 4.74. The number of hydrogen-bond acceptors (Lipinski definition) is 4. The van der Waals surface area contributed by atoms with Crippen molar-refractivity contribution in [3.63, 3.8) is 0 Å². The van der Waals surface area contributed by atoms with Gasteiger partial charge in [-0.05, 0) is 11.1 Å². The van der Waals surface area contributed by atoms with Gasteiger partial charge in [-0.1, -0.05) is 60.7 Å². The molecule has 0 aliphatic rings. The largest absolute Gasteiger partial charge is 0.462 e. The van der Waals surface area contributed by atoms with Gasteiger partial charge in [-0.15, -0.1) is 0 Å². The predicted molar refractivity (Wildman–Crippen MR) is 83.2 cm³/mol. The maximum atomic E-state index is 11.5. The third-order valence-electron chi connectivity index (χ3n) is 2.93. The highest BCUT2D eigenvalue weighted by Crippen LogP contribution is 2.01. The molecule has 0 spiro atoms. The van der Waals surface area contributed by atoms with E-state index in [-0.39, 0.29) is 19.2 Å². The summed E-state index contributed by atoms with van der Waals surface area (Å²) >= 11 is 0. The number of benzene rings is 2. The van der Waals surface area contributed by atoms with Crippen molar-refractivity contribution < 1.29 is 19.0 Å². The van der Waals surface area contributed by atoms with Gasteiger partial charge in [0, 0.05) is 0 Å². The Bertz CT molecular complexity index is 540. The number of hydrogen-bond donors (Lipinski definition) is 0. The van der Waals surface area contributed by atoms with Crippen LogP contribution in [0, 0.1) is 0 Å². The molecular formula is C18H20O4. The molecule has 2 rings (SSSR count). The van der Waals surface area contributed by atoms with Crippen molar-refractivity contribution in [2.24, 2.45) is 0 Å². The van der Waals surface area contributed by atoms with Crippen LogP contribution in [0.1, 0.15) is 11.1 Å². The molecule has 0 aliphatic carbocycles. The standard InChI is InChI=1S/C18H20O4/c19-18(15-21-14-17-9-5-2-6-10-17)22-12-11-20-13-16-7-3-1-4-8-16/h1-10H,11-15H2. The number of rotatable bonds is 9. The van der Waals surface area contributed by atoms with Gasteiger partial charge in [0.15, 0.2) is 0 Å². The van der Waals surface area contributed by atoms with E-state index in [4.69, 9.17) is 14.2 Å². The topological polar surface area (TPSA) is 44.8 Å². The van der Waals surface area contributed by atoms with E-state index in [2.05, 4.69) is 0 Å². The summed E-state index contributed by atoms with van der Waals surface area (Å²) in [6.07, 6.45) is 0. The molecule has 0 aliphatic heterocycles. The average molecular weight is 300 g/mol. The fourth-order valence-electron chi connectivity index (χ4n) is 1.85. The Morgan fingerprint density at radius 3 is 1.86 bits per heavy atom. The van der Waals surface area contributed by atoms with Crippen molar-refractivity contribution in [1.82, 2.24) is 0 Å². The SMILES string of the molecule is O=C(COCc1ccccc1)OCCOCc1ccccc1. The van der Waals surface area contributed by atoms with Crippen LogP contribution in [-0.4, -0.2) is 25.8 Å². The summed E-state index contributed by atoms with van der Waals surface area (Å²) in [6.45, 7) is 1.48. The lowest BCUT2D eigenvalue weighted by Gasteiger charge is -2.07. The fraction of sp³-hybridized carbons (Fsp3) is 0.278. The van der Waals surface area contributed by atoms with Gasteiger partial charge in [0.05, 0.1) is 19.8 Å². The molecule has 0 radical (unpaired) electrons. The van der Waals surface area contributed by atoms with Gasteiger partial charge in [-0.25, -0.2) is 4.79 Å². The Labute approximate surface area is 130 Å². The Kier molecular flexibility index (Phi) is 7.15. The van der Waals surface area contributed by atoms with E-state index < -0.39 is 0 Å². The first-order valence-corrected chi connectivity index (χ1v) is 7.23. The molecule has 22 heavy (non-hydrogen) atoms.